The number of carbonyl (C=O) groups is 1. The third-order valence-electron chi connectivity index (χ3n) is 4.58. The average Bonchev–Trinajstić information content (AvgIpc) is 2.75. The molecule has 0 radical (unpaired) electrons. The van der Waals surface area contributed by atoms with Crippen LogP contribution >= 0.6 is 0 Å². The second-order valence-electron chi connectivity index (χ2n) is 6.43. The molecule has 0 aliphatic heterocycles. The smallest absolute Gasteiger partial charge is 0.277 e. The third kappa shape index (κ3) is 3.40. The number of fused-ring (bicyclic) bond motifs is 1. The molecule has 0 unspecified atom stereocenters. The lowest BCUT2D eigenvalue weighted by atomic mass is 10.1. The lowest BCUT2D eigenvalue weighted by Crippen LogP contribution is -2.23. The van der Waals surface area contributed by atoms with Crippen LogP contribution in [0.4, 0.5) is 0 Å². The zero-order valence-corrected chi connectivity index (χ0v) is 15.3. The Morgan fingerprint density at radius 2 is 1.82 bits per heavy atom. The van der Waals surface area contributed by atoms with E-state index in [1.165, 1.54) is 0 Å². The van der Waals surface area contributed by atoms with Crippen molar-refractivity contribution >= 4 is 16.9 Å². The minimum Gasteiger partial charge on any atom is -0.348 e. The number of amides is 1. The molecule has 6 heteroatoms. The van der Waals surface area contributed by atoms with Gasteiger partial charge < -0.3 is 9.88 Å². The van der Waals surface area contributed by atoms with E-state index in [1.54, 1.807) is 48.3 Å². The van der Waals surface area contributed by atoms with Gasteiger partial charge in [-0.05, 0) is 35.9 Å². The van der Waals surface area contributed by atoms with Crippen molar-refractivity contribution in [1.82, 2.24) is 19.9 Å². The lowest BCUT2D eigenvalue weighted by molar-refractivity contribution is 0.0951. The van der Waals surface area contributed by atoms with Crippen molar-refractivity contribution in [3.63, 3.8) is 0 Å². The molecule has 1 amide bonds. The zero-order chi connectivity index (χ0) is 19.5. The summed E-state index contributed by atoms with van der Waals surface area (Å²) in [6.45, 7) is 0.404. The molecular weight excluding hydrogens is 352 g/mol. The van der Waals surface area contributed by atoms with Gasteiger partial charge in [0.15, 0.2) is 0 Å². The Bertz CT molecular complexity index is 1200. The number of aromatic nitrogens is 3. The molecule has 0 bridgehead atoms. The number of hydrogen-bond donors (Lipinski definition) is 1. The van der Waals surface area contributed by atoms with Gasteiger partial charge in [-0.25, -0.2) is 4.98 Å². The van der Waals surface area contributed by atoms with E-state index in [4.69, 9.17) is 0 Å². The highest BCUT2D eigenvalue weighted by Crippen LogP contribution is 2.18. The fourth-order valence-electron chi connectivity index (χ4n) is 3.03. The fraction of sp³-hybridized carbons (Fsp3) is 0.0909. The maximum Gasteiger partial charge on any atom is 0.277 e. The first-order valence-electron chi connectivity index (χ1n) is 8.87. The molecule has 0 saturated carbocycles. The van der Waals surface area contributed by atoms with Crippen LogP contribution in [0, 0.1) is 0 Å². The zero-order valence-electron chi connectivity index (χ0n) is 15.3. The normalized spacial score (nSPS) is 10.8. The van der Waals surface area contributed by atoms with Gasteiger partial charge in [-0.15, -0.1) is 0 Å². The number of nitrogens with zero attached hydrogens (tertiary/aromatic N) is 3. The van der Waals surface area contributed by atoms with Gasteiger partial charge in [0.25, 0.3) is 11.5 Å². The maximum atomic E-state index is 12.7. The lowest BCUT2D eigenvalue weighted by Gasteiger charge is -2.09. The van der Waals surface area contributed by atoms with Crippen LogP contribution in [0.25, 0.3) is 22.3 Å². The summed E-state index contributed by atoms with van der Waals surface area (Å²) in [5.74, 6) is -0.185. The number of benzene rings is 2. The number of rotatable bonds is 4. The number of hydrogen-bond acceptors (Lipinski definition) is 4. The van der Waals surface area contributed by atoms with Crippen molar-refractivity contribution in [2.75, 3.05) is 0 Å². The van der Waals surface area contributed by atoms with Gasteiger partial charge in [-0.3, -0.25) is 14.6 Å². The van der Waals surface area contributed by atoms with E-state index in [-0.39, 0.29) is 11.5 Å². The molecular formula is C22H18N4O2. The number of carbonyl (C=O) groups excluding carboxylic acids is 1. The van der Waals surface area contributed by atoms with Crippen molar-refractivity contribution < 1.29 is 4.79 Å². The van der Waals surface area contributed by atoms with Crippen molar-refractivity contribution in [3.05, 3.63) is 94.5 Å². The van der Waals surface area contributed by atoms with E-state index < -0.39 is 0 Å². The number of aryl methyl sites for hydroxylation is 1. The third-order valence-corrected chi connectivity index (χ3v) is 4.58. The van der Waals surface area contributed by atoms with E-state index in [0.717, 1.165) is 16.6 Å². The molecule has 4 aromatic rings. The van der Waals surface area contributed by atoms with Crippen molar-refractivity contribution in [2.45, 2.75) is 6.54 Å². The quantitative estimate of drug-likeness (QED) is 0.599. The number of para-hydroxylation sites is 2. The van der Waals surface area contributed by atoms with Gasteiger partial charge in [-0.1, -0.05) is 30.3 Å². The first kappa shape index (κ1) is 17.6. The first-order valence-corrected chi connectivity index (χ1v) is 8.87. The van der Waals surface area contributed by atoms with Crippen LogP contribution in [-0.2, 0) is 13.6 Å². The molecule has 4 rings (SSSR count). The summed E-state index contributed by atoms with van der Waals surface area (Å²) in [4.78, 5) is 33.6. The highest BCUT2D eigenvalue weighted by Gasteiger charge is 2.12. The molecule has 0 saturated heterocycles. The van der Waals surface area contributed by atoms with Gasteiger partial charge in [-0.2, -0.15) is 0 Å². The molecule has 28 heavy (non-hydrogen) atoms. The Kier molecular flexibility index (Phi) is 4.68. The van der Waals surface area contributed by atoms with Crippen LogP contribution in [0.1, 0.15) is 15.9 Å². The molecule has 0 fully saturated rings. The summed E-state index contributed by atoms with van der Waals surface area (Å²) in [6.07, 6.45) is 3.40. The summed E-state index contributed by atoms with van der Waals surface area (Å²) in [7, 11) is 1.73. The minimum atomic E-state index is -0.185. The molecule has 2 heterocycles. The SMILES string of the molecule is Cn1c(=O)c(-c2ccc(C(=O)NCc3cccnc3)cc2)nc2ccccc21. The Balaban J connectivity index is 1.58. The monoisotopic (exact) mass is 370 g/mol. The number of nitrogens with one attached hydrogen (secondary N) is 1. The molecule has 0 aliphatic carbocycles. The van der Waals surface area contributed by atoms with E-state index in [1.807, 2.05) is 36.4 Å². The van der Waals surface area contributed by atoms with Gasteiger partial charge in [0.2, 0.25) is 0 Å². The van der Waals surface area contributed by atoms with Gasteiger partial charge in [0.1, 0.15) is 5.69 Å². The van der Waals surface area contributed by atoms with Crippen LogP contribution in [0.15, 0.2) is 77.9 Å². The van der Waals surface area contributed by atoms with Crippen LogP contribution in [-0.4, -0.2) is 20.4 Å². The van der Waals surface area contributed by atoms with Crippen molar-refractivity contribution in [3.8, 4) is 11.3 Å². The van der Waals surface area contributed by atoms with E-state index in [2.05, 4.69) is 15.3 Å². The highest BCUT2D eigenvalue weighted by molar-refractivity contribution is 5.94. The highest BCUT2D eigenvalue weighted by atomic mass is 16.1. The molecule has 0 atom stereocenters. The van der Waals surface area contributed by atoms with Crippen LogP contribution in [0.2, 0.25) is 0 Å². The van der Waals surface area contributed by atoms with Crippen LogP contribution < -0.4 is 10.9 Å². The Labute approximate surface area is 161 Å². The summed E-state index contributed by atoms with van der Waals surface area (Å²) in [5, 5.41) is 2.86. The molecule has 2 aromatic heterocycles. The molecule has 138 valence electrons. The molecule has 0 spiro atoms. The average molecular weight is 370 g/mol. The second kappa shape index (κ2) is 7.44. The van der Waals surface area contributed by atoms with E-state index in [0.29, 0.717) is 23.4 Å². The summed E-state index contributed by atoms with van der Waals surface area (Å²) in [5.41, 5.74) is 3.84. The van der Waals surface area contributed by atoms with Gasteiger partial charge >= 0.3 is 0 Å². The molecule has 1 N–H and O–H groups in total. The topological polar surface area (TPSA) is 76.9 Å². The Morgan fingerprint density at radius 1 is 1.04 bits per heavy atom. The predicted molar refractivity (Wildman–Crippen MR) is 108 cm³/mol. The van der Waals surface area contributed by atoms with Crippen molar-refractivity contribution in [2.24, 2.45) is 7.05 Å². The Hall–Kier alpha value is -3.80. The van der Waals surface area contributed by atoms with E-state index in [9.17, 15) is 9.59 Å². The van der Waals surface area contributed by atoms with Crippen LogP contribution in [0.3, 0.4) is 0 Å². The maximum absolute atomic E-state index is 12.7. The number of pyridine rings is 1. The van der Waals surface area contributed by atoms with Crippen molar-refractivity contribution in [1.29, 1.82) is 0 Å². The molecule has 6 nitrogen and oxygen atoms in total. The largest absolute Gasteiger partial charge is 0.348 e. The van der Waals surface area contributed by atoms with Crippen LogP contribution in [0.5, 0.6) is 0 Å². The predicted octanol–water partition coefficient (Wildman–Crippen LogP) is 2.93. The Morgan fingerprint density at radius 3 is 2.57 bits per heavy atom. The minimum absolute atomic E-state index is 0.174. The second-order valence-corrected chi connectivity index (χ2v) is 6.43. The molecule has 2 aromatic carbocycles. The standard InChI is InChI=1S/C22H18N4O2/c1-26-19-7-3-2-6-18(19)25-20(22(26)28)16-8-10-17(11-9-16)21(27)24-14-15-5-4-12-23-13-15/h2-13H,14H2,1H3,(H,24,27). The summed E-state index contributed by atoms with van der Waals surface area (Å²) in [6, 6.07) is 18.1. The van der Waals surface area contributed by atoms with E-state index >= 15 is 0 Å². The fourth-order valence-corrected chi connectivity index (χ4v) is 3.03. The first-order chi connectivity index (χ1) is 13.6. The van der Waals surface area contributed by atoms with Gasteiger partial charge in [0, 0.05) is 37.1 Å². The summed E-state index contributed by atoms with van der Waals surface area (Å²) < 4.78 is 1.59. The summed E-state index contributed by atoms with van der Waals surface area (Å²) >= 11 is 0. The molecule has 0 aliphatic rings. The van der Waals surface area contributed by atoms with Gasteiger partial charge in [0.05, 0.1) is 11.0 Å².